The lowest BCUT2D eigenvalue weighted by atomic mass is 10.1. The van der Waals surface area contributed by atoms with Gasteiger partial charge in [0.15, 0.2) is 0 Å². The molecule has 88 valence electrons. The van der Waals surface area contributed by atoms with Gasteiger partial charge in [0, 0.05) is 19.2 Å². The molecule has 3 rings (SSSR count). The maximum absolute atomic E-state index is 5.70. The summed E-state index contributed by atoms with van der Waals surface area (Å²) >= 11 is 5.36. The molecule has 0 saturated heterocycles. The summed E-state index contributed by atoms with van der Waals surface area (Å²) in [5.41, 5.74) is 4.17. The Bertz CT molecular complexity index is 606. The zero-order chi connectivity index (χ0) is 11.8. The average Bonchev–Trinajstić information content (AvgIpc) is 2.95. The Kier molecular flexibility index (Phi) is 3.02. The minimum atomic E-state index is 0.115. The van der Waals surface area contributed by atoms with E-state index < -0.39 is 0 Å². The minimum absolute atomic E-state index is 0.115. The predicted molar refractivity (Wildman–Crippen MR) is 77.9 cm³/mol. The summed E-state index contributed by atoms with van der Waals surface area (Å²) in [6.45, 7) is 2.12. The third kappa shape index (κ3) is 2.05. The first-order valence-corrected chi connectivity index (χ1v) is 7.83. The molecular weight excluding hydrogens is 268 g/mol. The molecule has 3 heterocycles. The SMILES string of the molecule is Cc1cc(C(NN)c2cc3sccc3s2)cs1. The van der Waals surface area contributed by atoms with Gasteiger partial charge in [-0.1, -0.05) is 0 Å². The molecule has 17 heavy (non-hydrogen) atoms. The molecule has 0 aliphatic heterocycles. The van der Waals surface area contributed by atoms with E-state index in [-0.39, 0.29) is 6.04 Å². The lowest BCUT2D eigenvalue weighted by Gasteiger charge is -2.12. The van der Waals surface area contributed by atoms with Crippen molar-refractivity contribution in [1.82, 2.24) is 5.43 Å². The summed E-state index contributed by atoms with van der Waals surface area (Å²) in [7, 11) is 0. The lowest BCUT2D eigenvalue weighted by molar-refractivity contribution is 0.648. The molecule has 0 aliphatic rings. The van der Waals surface area contributed by atoms with Crippen LogP contribution in [0, 0.1) is 6.92 Å². The van der Waals surface area contributed by atoms with Gasteiger partial charge < -0.3 is 0 Å². The van der Waals surface area contributed by atoms with Crippen LogP contribution in [0.1, 0.15) is 21.4 Å². The summed E-state index contributed by atoms with van der Waals surface area (Å²) < 4.78 is 2.69. The van der Waals surface area contributed by atoms with Crippen LogP contribution in [0.5, 0.6) is 0 Å². The van der Waals surface area contributed by atoms with Gasteiger partial charge in [-0.2, -0.15) is 0 Å². The van der Waals surface area contributed by atoms with Crippen molar-refractivity contribution >= 4 is 43.4 Å². The van der Waals surface area contributed by atoms with Crippen LogP contribution in [0.4, 0.5) is 0 Å². The minimum Gasteiger partial charge on any atom is -0.271 e. The van der Waals surface area contributed by atoms with Crippen LogP contribution in [0.2, 0.25) is 0 Å². The molecule has 0 spiro atoms. The quantitative estimate of drug-likeness (QED) is 0.564. The second kappa shape index (κ2) is 4.51. The van der Waals surface area contributed by atoms with E-state index in [2.05, 4.69) is 41.3 Å². The second-order valence-corrected chi connectivity index (χ2v) is 7.07. The van der Waals surface area contributed by atoms with Crippen molar-refractivity contribution in [2.45, 2.75) is 13.0 Å². The molecule has 0 fully saturated rings. The van der Waals surface area contributed by atoms with Crippen LogP contribution in [0.3, 0.4) is 0 Å². The van der Waals surface area contributed by atoms with Gasteiger partial charge in [0.25, 0.3) is 0 Å². The summed E-state index contributed by atoms with van der Waals surface area (Å²) in [5.74, 6) is 5.70. The van der Waals surface area contributed by atoms with Gasteiger partial charge in [-0.25, -0.2) is 5.43 Å². The van der Waals surface area contributed by atoms with Crippen LogP contribution in [-0.4, -0.2) is 0 Å². The van der Waals surface area contributed by atoms with E-state index in [0.29, 0.717) is 0 Å². The molecule has 3 N–H and O–H groups in total. The zero-order valence-corrected chi connectivity index (χ0v) is 11.7. The van der Waals surface area contributed by atoms with Crippen molar-refractivity contribution in [2.75, 3.05) is 0 Å². The van der Waals surface area contributed by atoms with Crippen molar-refractivity contribution in [3.05, 3.63) is 44.3 Å². The van der Waals surface area contributed by atoms with Crippen LogP contribution >= 0.6 is 34.0 Å². The Morgan fingerprint density at radius 1 is 1.24 bits per heavy atom. The molecule has 0 bridgehead atoms. The first kappa shape index (κ1) is 11.4. The van der Waals surface area contributed by atoms with Crippen molar-refractivity contribution in [1.29, 1.82) is 0 Å². The maximum atomic E-state index is 5.70. The van der Waals surface area contributed by atoms with Gasteiger partial charge in [-0.05, 0) is 41.4 Å². The van der Waals surface area contributed by atoms with Gasteiger partial charge in [0.1, 0.15) is 0 Å². The predicted octanol–water partition coefficient (Wildman–Crippen LogP) is 3.89. The van der Waals surface area contributed by atoms with Crippen molar-refractivity contribution < 1.29 is 0 Å². The third-order valence-corrected chi connectivity index (χ3v) is 5.73. The highest BCUT2D eigenvalue weighted by molar-refractivity contribution is 7.27. The Hall–Kier alpha value is -0.720. The first-order valence-electron chi connectivity index (χ1n) is 5.26. The fourth-order valence-electron chi connectivity index (χ4n) is 1.88. The number of nitrogens with two attached hydrogens (primary N) is 1. The Morgan fingerprint density at radius 2 is 2.12 bits per heavy atom. The topological polar surface area (TPSA) is 38.0 Å². The monoisotopic (exact) mass is 280 g/mol. The average molecular weight is 280 g/mol. The Morgan fingerprint density at radius 3 is 2.76 bits per heavy atom. The molecule has 3 aromatic rings. The summed E-state index contributed by atoms with van der Waals surface area (Å²) in [4.78, 5) is 2.60. The summed E-state index contributed by atoms with van der Waals surface area (Å²) in [6.07, 6.45) is 0. The largest absolute Gasteiger partial charge is 0.271 e. The second-order valence-electron chi connectivity index (χ2n) is 3.89. The van der Waals surface area contributed by atoms with Crippen molar-refractivity contribution in [2.24, 2.45) is 5.84 Å². The van der Waals surface area contributed by atoms with Crippen LogP contribution in [0.25, 0.3) is 9.40 Å². The number of hydrogen-bond acceptors (Lipinski definition) is 5. The Balaban J connectivity index is 2.03. The van der Waals surface area contributed by atoms with E-state index in [1.54, 1.807) is 22.7 Å². The first-order chi connectivity index (χ1) is 8.28. The molecule has 2 nitrogen and oxygen atoms in total. The molecule has 0 radical (unpaired) electrons. The van der Waals surface area contributed by atoms with E-state index in [1.807, 2.05) is 11.3 Å². The number of rotatable bonds is 3. The van der Waals surface area contributed by atoms with Gasteiger partial charge in [0.2, 0.25) is 0 Å². The summed E-state index contributed by atoms with van der Waals surface area (Å²) in [5, 5.41) is 4.30. The number of hydrazine groups is 1. The van der Waals surface area contributed by atoms with E-state index in [0.717, 1.165) is 0 Å². The molecule has 3 aromatic heterocycles. The van der Waals surface area contributed by atoms with Gasteiger partial charge in [0.05, 0.1) is 6.04 Å². The van der Waals surface area contributed by atoms with E-state index >= 15 is 0 Å². The third-order valence-electron chi connectivity index (χ3n) is 2.69. The van der Waals surface area contributed by atoms with Crippen LogP contribution < -0.4 is 11.3 Å². The van der Waals surface area contributed by atoms with Gasteiger partial charge in [-0.3, -0.25) is 5.84 Å². The van der Waals surface area contributed by atoms with E-state index in [1.165, 1.54) is 24.7 Å². The zero-order valence-electron chi connectivity index (χ0n) is 9.27. The van der Waals surface area contributed by atoms with Crippen molar-refractivity contribution in [3.8, 4) is 0 Å². The number of thiophene rings is 3. The number of nitrogens with one attached hydrogen (secondary N) is 1. The maximum Gasteiger partial charge on any atom is 0.0811 e. The highest BCUT2D eigenvalue weighted by Gasteiger charge is 2.16. The standard InChI is InChI=1S/C12H12N2S3/c1-7-4-8(6-16-7)12(14-13)11-5-10-9(17-11)2-3-15-10/h2-6,12,14H,13H2,1H3. The smallest absolute Gasteiger partial charge is 0.0811 e. The molecule has 0 saturated carbocycles. The molecular formula is C12H12N2S3. The number of fused-ring (bicyclic) bond motifs is 1. The van der Waals surface area contributed by atoms with Crippen LogP contribution in [-0.2, 0) is 0 Å². The normalized spacial score (nSPS) is 13.3. The molecule has 5 heteroatoms. The lowest BCUT2D eigenvalue weighted by Crippen LogP contribution is -2.27. The fourth-order valence-corrected chi connectivity index (χ4v) is 4.82. The number of aryl methyl sites for hydroxylation is 1. The molecule has 0 aliphatic carbocycles. The molecule has 0 aromatic carbocycles. The Labute approximate surface area is 112 Å². The highest BCUT2D eigenvalue weighted by atomic mass is 32.1. The van der Waals surface area contributed by atoms with Crippen molar-refractivity contribution in [3.63, 3.8) is 0 Å². The van der Waals surface area contributed by atoms with Gasteiger partial charge >= 0.3 is 0 Å². The fraction of sp³-hybridized carbons (Fsp3) is 0.167. The highest BCUT2D eigenvalue weighted by Crippen LogP contribution is 2.36. The molecule has 0 amide bonds. The van der Waals surface area contributed by atoms with E-state index in [9.17, 15) is 0 Å². The number of hydrogen-bond donors (Lipinski definition) is 2. The summed E-state index contributed by atoms with van der Waals surface area (Å²) in [6, 6.07) is 6.72. The molecule has 1 atom stereocenters. The molecule has 1 unspecified atom stereocenters. The van der Waals surface area contributed by atoms with Crippen LogP contribution in [0.15, 0.2) is 29.0 Å². The van der Waals surface area contributed by atoms with Gasteiger partial charge in [-0.15, -0.1) is 34.0 Å². The van der Waals surface area contributed by atoms with E-state index in [4.69, 9.17) is 5.84 Å².